The van der Waals surface area contributed by atoms with E-state index in [-0.39, 0.29) is 0 Å². The van der Waals surface area contributed by atoms with Gasteiger partial charge in [-0.25, -0.2) is 0 Å². The highest BCUT2D eigenvalue weighted by Crippen LogP contribution is 2.41. The molecular formula is C17H20NO3+. The zero-order valence-electron chi connectivity index (χ0n) is 12.2. The van der Waals surface area contributed by atoms with Crippen LogP contribution in [-0.2, 0) is 5.79 Å². The molecule has 2 aromatic rings. The quantitative estimate of drug-likeness (QED) is 0.878. The second kappa shape index (κ2) is 5.39. The van der Waals surface area contributed by atoms with Gasteiger partial charge in [-0.1, -0.05) is 42.5 Å². The van der Waals surface area contributed by atoms with E-state index in [2.05, 4.69) is 0 Å². The van der Waals surface area contributed by atoms with Gasteiger partial charge >= 0.3 is 0 Å². The minimum atomic E-state index is -1.48. The first-order valence-corrected chi connectivity index (χ1v) is 7.11. The minimum Gasteiger partial charge on any atom is -0.473 e. The van der Waals surface area contributed by atoms with Gasteiger partial charge in [-0.15, -0.1) is 0 Å². The lowest BCUT2D eigenvalue weighted by molar-refractivity contribution is -0.863. The molecule has 110 valence electrons. The van der Waals surface area contributed by atoms with Gasteiger partial charge in [-0.05, 0) is 12.1 Å². The van der Waals surface area contributed by atoms with E-state index in [4.69, 9.17) is 9.47 Å². The van der Waals surface area contributed by atoms with Crippen LogP contribution in [0.4, 0.5) is 0 Å². The monoisotopic (exact) mass is 286 g/mol. The molecule has 4 nitrogen and oxygen atoms in total. The standard InChI is InChI=1S/C17H19NO3/c1-18(2)12-16-17(19,13-8-4-3-5-9-13)21-15-11-7-6-10-14(15)20-16/h3-11,16,19H,12H2,1-2H3/p+1/t16-,17+/m0/s1. The Hall–Kier alpha value is -2.04. The fraction of sp³-hybridized carbons (Fsp3) is 0.294. The van der Waals surface area contributed by atoms with Crippen LogP contribution in [0.15, 0.2) is 54.6 Å². The topological polar surface area (TPSA) is 43.1 Å². The van der Waals surface area contributed by atoms with E-state index in [0.29, 0.717) is 23.6 Å². The van der Waals surface area contributed by atoms with Crippen molar-refractivity contribution in [1.29, 1.82) is 0 Å². The van der Waals surface area contributed by atoms with Crippen LogP contribution in [0.5, 0.6) is 11.5 Å². The molecule has 0 unspecified atom stereocenters. The van der Waals surface area contributed by atoms with Crippen molar-refractivity contribution in [3.63, 3.8) is 0 Å². The Kier molecular flexibility index (Phi) is 3.57. The first-order valence-electron chi connectivity index (χ1n) is 7.11. The molecule has 3 rings (SSSR count). The fourth-order valence-corrected chi connectivity index (χ4v) is 2.57. The number of ether oxygens (including phenoxy) is 2. The molecule has 0 fully saturated rings. The van der Waals surface area contributed by atoms with Gasteiger partial charge in [0.15, 0.2) is 11.5 Å². The normalized spacial score (nSPS) is 24.1. The maximum absolute atomic E-state index is 11.1. The molecule has 2 aromatic carbocycles. The first kappa shape index (κ1) is 13.9. The first-order chi connectivity index (χ1) is 10.1. The van der Waals surface area contributed by atoms with Crippen LogP contribution in [0.3, 0.4) is 0 Å². The molecule has 0 saturated heterocycles. The molecule has 21 heavy (non-hydrogen) atoms. The maximum atomic E-state index is 11.1. The summed E-state index contributed by atoms with van der Waals surface area (Å²) in [6, 6.07) is 16.8. The van der Waals surface area contributed by atoms with Gasteiger partial charge in [-0.2, -0.15) is 0 Å². The Morgan fingerprint density at radius 2 is 1.62 bits per heavy atom. The molecule has 0 aliphatic carbocycles. The van der Waals surface area contributed by atoms with Gasteiger partial charge in [0, 0.05) is 5.56 Å². The summed E-state index contributed by atoms with van der Waals surface area (Å²) in [5.74, 6) is -0.245. The van der Waals surface area contributed by atoms with Crippen LogP contribution in [-0.4, -0.2) is 31.9 Å². The van der Waals surface area contributed by atoms with Gasteiger partial charge in [-0.3, -0.25) is 0 Å². The van der Waals surface area contributed by atoms with Gasteiger partial charge in [0.05, 0.1) is 14.1 Å². The maximum Gasteiger partial charge on any atom is 0.278 e. The van der Waals surface area contributed by atoms with Crippen molar-refractivity contribution in [2.75, 3.05) is 20.6 Å². The molecule has 0 radical (unpaired) electrons. The van der Waals surface area contributed by atoms with Gasteiger partial charge in [0.2, 0.25) is 6.10 Å². The third-order valence-electron chi connectivity index (χ3n) is 3.60. The summed E-state index contributed by atoms with van der Waals surface area (Å²) in [6.45, 7) is 0.625. The molecule has 4 heteroatoms. The number of likely N-dealkylation sites (N-methyl/N-ethyl adjacent to an activating group) is 1. The third kappa shape index (κ3) is 2.60. The summed E-state index contributed by atoms with van der Waals surface area (Å²) in [7, 11) is 4.05. The third-order valence-corrected chi connectivity index (χ3v) is 3.60. The molecule has 2 N–H and O–H groups in total. The van der Waals surface area contributed by atoms with E-state index in [0.717, 1.165) is 0 Å². The lowest BCUT2D eigenvalue weighted by Crippen LogP contribution is -3.07. The fourth-order valence-electron chi connectivity index (χ4n) is 2.57. The molecule has 0 spiro atoms. The molecule has 0 bridgehead atoms. The number of para-hydroxylation sites is 2. The second-order valence-corrected chi connectivity index (χ2v) is 5.63. The van der Waals surface area contributed by atoms with Crippen LogP contribution < -0.4 is 14.4 Å². The lowest BCUT2D eigenvalue weighted by Gasteiger charge is -2.40. The summed E-state index contributed by atoms with van der Waals surface area (Å²) < 4.78 is 12.0. The highest BCUT2D eigenvalue weighted by molar-refractivity contribution is 5.43. The van der Waals surface area contributed by atoms with Crippen LogP contribution in [0.25, 0.3) is 0 Å². The predicted molar refractivity (Wildman–Crippen MR) is 79.5 cm³/mol. The minimum absolute atomic E-state index is 0.472. The number of hydrogen-bond donors (Lipinski definition) is 2. The van der Waals surface area contributed by atoms with E-state index in [1.54, 1.807) is 0 Å². The smallest absolute Gasteiger partial charge is 0.278 e. The Morgan fingerprint density at radius 3 is 2.29 bits per heavy atom. The van der Waals surface area contributed by atoms with Gasteiger partial charge in [0.25, 0.3) is 5.79 Å². The Balaban J connectivity index is 2.03. The summed E-state index contributed by atoms with van der Waals surface area (Å²) in [5, 5.41) is 11.1. The number of aliphatic hydroxyl groups is 1. The van der Waals surface area contributed by atoms with E-state index in [1.165, 1.54) is 4.90 Å². The largest absolute Gasteiger partial charge is 0.473 e. The van der Waals surface area contributed by atoms with Crippen molar-refractivity contribution in [1.82, 2.24) is 0 Å². The van der Waals surface area contributed by atoms with Crippen molar-refractivity contribution in [2.45, 2.75) is 11.9 Å². The van der Waals surface area contributed by atoms with Crippen LogP contribution in [0.2, 0.25) is 0 Å². The van der Waals surface area contributed by atoms with Gasteiger partial charge in [0.1, 0.15) is 6.54 Å². The average molecular weight is 286 g/mol. The molecule has 1 heterocycles. The number of hydrogen-bond acceptors (Lipinski definition) is 3. The Morgan fingerprint density at radius 1 is 1.00 bits per heavy atom. The van der Waals surface area contributed by atoms with E-state index in [9.17, 15) is 5.11 Å². The van der Waals surface area contributed by atoms with E-state index < -0.39 is 11.9 Å². The lowest BCUT2D eigenvalue weighted by atomic mass is 9.98. The predicted octanol–water partition coefficient (Wildman–Crippen LogP) is 0.816. The average Bonchev–Trinajstić information content (AvgIpc) is 2.48. The number of benzene rings is 2. The number of nitrogens with one attached hydrogen (secondary N) is 1. The highest BCUT2D eigenvalue weighted by Gasteiger charge is 2.48. The van der Waals surface area contributed by atoms with Crippen molar-refractivity contribution in [3.05, 3.63) is 60.2 Å². The van der Waals surface area contributed by atoms with Crippen molar-refractivity contribution in [2.24, 2.45) is 0 Å². The van der Waals surface area contributed by atoms with E-state index in [1.807, 2.05) is 68.7 Å². The Bertz CT molecular complexity index is 614. The summed E-state index contributed by atoms with van der Waals surface area (Å²) >= 11 is 0. The summed E-state index contributed by atoms with van der Waals surface area (Å²) in [4.78, 5) is 1.18. The Labute approximate surface area is 124 Å². The molecule has 1 aliphatic rings. The molecule has 1 aliphatic heterocycles. The van der Waals surface area contributed by atoms with Crippen LogP contribution in [0, 0.1) is 0 Å². The summed E-state index contributed by atoms with van der Waals surface area (Å²) in [5.41, 5.74) is 0.700. The molecule has 2 atom stereocenters. The summed E-state index contributed by atoms with van der Waals surface area (Å²) in [6.07, 6.45) is -0.472. The number of quaternary nitrogens is 1. The molecule has 0 aromatic heterocycles. The second-order valence-electron chi connectivity index (χ2n) is 5.63. The van der Waals surface area contributed by atoms with Crippen molar-refractivity contribution < 1.29 is 19.5 Å². The molecular weight excluding hydrogens is 266 g/mol. The van der Waals surface area contributed by atoms with E-state index >= 15 is 0 Å². The zero-order valence-corrected chi connectivity index (χ0v) is 12.2. The van der Waals surface area contributed by atoms with Crippen molar-refractivity contribution >= 4 is 0 Å². The number of fused-ring (bicyclic) bond motifs is 1. The highest BCUT2D eigenvalue weighted by atomic mass is 16.7. The van der Waals surface area contributed by atoms with Gasteiger partial charge < -0.3 is 19.5 Å². The van der Waals surface area contributed by atoms with Crippen molar-refractivity contribution in [3.8, 4) is 11.5 Å². The number of rotatable bonds is 3. The van der Waals surface area contributed by atoms with Crippen LogP contribution >= 0.6 is 0 Å². The SMILES string of the molecule is C[NH+](C)C[C@@H]1Oc2ccccc2O[C@]1(O)c1ccccc1. The van der Waals surface area contributed by atoms with Crippen LogP contribution in [0.1, 0.15) is 5.56 Å². The molecule has 0 saturated carbocycles. The molecule has 0 amide bonds. The zero-order chi connectivity index (χ0) is 14.9.